The van der Waals surface area contributed by atoms with E-state index in [9.17, 15) is 9.90 Å². The second-order valence-corrected chi connectivity index (χ2v) is 7.59. The SMILES string of the molecule is COCCN(C)C[C@@H]1CN(C(=O)c2ccc3ncsc3c2)C[C@@H]1CO. The molecule has 0 bridgehead atoms. The zero-order valence-corrected chi connectivity index (χ0v) is 15.5. The maximum Gasteiger partial charge on any atom is 0.253 e. The number of ether oxygens (including phenoxy) is 1. The molecule has 1 aliphatic rings. The minimum Gasteiger partial charge on any atom is -0.396 e. The highest BCUT2D eigenvalue weighted by atomic mass is 32.1. The zero-order valence-electron chi connectivity index (χ0n) is 14.7. The van der Waals surface area contributed by atoms with Crippen LogP contribution in [0.4, 0.5) is 0 Å². The molecule has 1 aromatic carbocycles. The lowest BCUT2D eigenvalue weighted by atomic mass is 9.96. The van der Waals surface area contributed by atoms with Gasteiger partial charge in [0.2, 0.25) is 0 Å². The number of thiazole rings is 1. The second kappa shape index (κ2) is 8.23. The number of fused-ring (bicyclic) bond motifs is 1. The number of hydrogen-bond acceptors (Lipinski definition) is 6. The number of hydrogen-bond donors (Lipinski definition) is 1. The molecule has 25 heavy (non-hydrogen) atoms. The number of likely N-dealkylation sites (N-methyl/N-ethyl adjacent to an activating group) is 1. The molecule has 1 amide bonds. The number of aromatic nitrogens is 1. The quantitative estimate of drug-likeness (QED) is 0.809. The number of aliphatic hydroxyl groups is 1. The van der Waals surface area contributed by atoms with E-state index in [1.807, 2.05) is 23.1 Å². The molecule has 1 saturated heterocycles. The van der Waals surface area contributed by atoms with E-state index in [1.54, 1.807) is 24.0 Å². The third-order valence-corrected chi connectivity index (χ3v) is 5.69. The number of benzene rings is 1. The first kappa shape index (κ1) is 18.3. The molecule has 0 unspecified atom stereocenters. The van der Waals surface area contributed by atoms with Gasteiger partial charge in [-0.1, -0.05) is 0 Å². The van der Waals surface area contributed by atoms with Gasteiger partial charge >= 0.3 is 0 Å². The molecule has 6 nitrogen and oxygen atoms in total. The number of rotatable bonds is 7. The van der Waals surface area contributed by atoms with Gasteiger partial charge in [-0.25, -0.2) is 4.98 Å². The Labute approximate surface area is 152 Å². The molecule has 136 valence electrons. The van der Waals surface area contributed by atoms with E-state index >= 15 is 0 Å². The van der Waals surface area contributed by atoms with Gasteiger partial charge in [0, 0.05) is 51.4 Å². The molecular weight excluding hydrogens is 338 g/mol. The number of methoxy groups -OCH3 is 1. The number of likely N-dealkylation sites (tertiary alicyclic amines) is 1. The van der Waals surface area contributed by atoms with Crippen molar-refractivity contribution in [2.45, 2.75) is 0 Å². The number of aliphatic hydroxyl groups excluding tert-OH is 1. The van der Waals surface area contributed by atoms with Gasteiger partial charge in [-0.2, -0.15) is 0 Å². The first-order valence-electron chi connectivity index (χ1n) is 8.53. The number of nitrogens with zero attached hydrogens (tertiary/aromatic N) is 3. The standard InChI is InChI=1S/C18H25N3O3S/c1-20(5-6-24-2)8-14-9-21(10-15(14)11-22)18(23)13-3-4-16-17(7-13)25-12-19-16/h3-4,7,12,14-15,22H,5-6,8-11H2,1-2H3/t14-,15-/m1/s1. The van der Waals surface area contributed by atoms with Crippen molar-refractivity contribution in [2.24, 2.45) is 11.8 Å². The normalized spacial score (nSPS) is 20.7. The summed E-state index contributed by atoms with van der Waals surface area (Å²) >= 11 is 1.54. The Bertz CT molecular complexity index is 720. The summed E-state index contributed by atoms with van der Waals surface area (Å²) in [6, 6.07) is 5.66. The Kier molecular flexibility index (Phi) is 6.01. The van der Waals surface area contributed by atoms with Crippen molar-refractivity contribution in [3.05, 3.63) is 29.3 Å². The van der Waals surface area contributed by atoms with Crippen LogP contribution in [0.5, 0.6) is 0 Å². The predicted molar refractivity (Wildman–Crippen MR) is 99.0 cm³/mol. The van der Waals surface area contributed by atoms with Gasteiger partial charge in [-0.3, -0.25) is 4.79 Å². The molecule has 0 spiro atoms. The van der Waals surface area contributed by atoms with Crippen LogP contribution in [-0.4, -0.2) is 79.3 Å². The fourth-order valence-electron chi connectivity index (χ4n) is 3.43. The van der Waals surface area contributed by atoms with Gasteiger partial charge in [0.05, 0.1) is 22.3 Å². The third kappa shape index (κ3) is 4.17. The highest BCUT2D eigenvalue weighted by molar-refractivity contribution is 7.16. The van der Waals surface area contributed by atoms with Crippen LogP contribution in [0.3, 0.4) is 0 Å². The third-order valence-electron chi connectivity index (χ3n) is 4.90. The van der Waals surface area contributed by atoms with E-state index in [-0.39, 0.29) is 24.3 Å². The average molecular weight is 363 g/mol. The molecule has 1 fully saturated rings. The maximum absolute atomic E-state index is 12.9. The predicted octanol–water partition coefficient (Wildman–Crippen LogP) is 1.55. The average Bonchev–Trinajstić information content (AvgIpc) is 3.25. The summed E-state index contributed by atoms with van der Waals surface area (Å²) in [5, 5.41) is 9.72. The molecule has 1 N–H and O–H groups in total. The number of carbonyl (C=O) groups excluding carboxylic acids is 1. The fourth-order valence-corrected chi connectivity index (χ4v) is 4.14. The highest BCUT2D eigenvalue weighted by Gasteiger charge is 2.35. The number of amides is 1. The molecular formula is C18H25N3O3S. The fraction of sp³-hybridized carbons (Fsp3) is 0.556. The molecule has 0 saturated carbocycles. The van der Waals surface area contributed by atoms with Crippen molar-refractivity contribution >= 4 is 27.5 Å². The van der Waals surface area contributed by atoms with Crippen molar-refractivity contribution < 1.29 is 14.6 Å². The largest absolute Gasteiger partial charge is 0.396 e. The molecule has 7 heteroatoms. The first-order valence-corrected chi connectivity index (χ1v) is 9.41. The summed E-state index contributed by atoms with van der Waals surface area (Å²) in [6.45, 7) is 3.79. The van der Waals surface area contributed by atoms with Crippen LogP contribution >= 0.6 is 11.3 Å². The number of carbonyl (C=O) groups is 1. The van der Waals surface area contributed by atoms with Crippen LogP contribution in [0.15, 0.2) is 23.7 Å². The monoisotopic (exact) mass is 363 g/mol. The van der Waals surface area contributed by atoms with Crippen molar-refractivity contribution in [3.8, 4) is 0 Å². The molecule has 3 rings (SSSR count). The van der Waals surface area contributed by atoms with Crippen molar-refractivity contribution in [1.82, 2.24) is 14.8 Å². The first-order chi connectivity index (χ1) is 12.1. The van der Waals surface area contributed by atoms with Crippen LogP contribution in [0.25, 0.3) is 10.2 Å². The van der Waals surface area contributed by atoms with Crippen molar-refractivity contribution in [2.75, 3.05) is 53.6 Å². The summed E-state index contributed by atoms with van der Waals surface area (Å²) in [4.78, 5) is 21.2. The van der Waals surface area contributed by atoms with Crippen LogP contribution in [0.1, 0.15) is 10.4 Å². The molecule has 1 aliphatic heterocycles. The Morgan fingerprint density at radius 3 is 3.00 bits per heavy atom. The van der Waals surface area contributed by atoms with Crippen molar-refractivity contribution in [1.29, 1.82) is 0 Å². The molecule has 2 aromatic rings. The van der Waals surface area contributed by atoms with E-state index in [2.05, 4.69) is 16.9 Å². The summed E-state index contributed by atoms with van der Waals surface area (Å²) < 4.78 is 6.14. The zero-order chi connectivity index (χ0) is 17.8. The van der Waals surface area contributed by atoms with Crippen LogP contribution in [-0.2, 0) is 4.74 Å². The molecule has 0 aliphatic carbocycles. The van der Waals surface area contributed by atoms with Gasteiger partial charge in [0.15, 0.2) is 0 Å². The Morgan fingerprint density at radius 2 is 2.24 bits per heavy atom. The lowest BCUT2D eigenvalue weighted by Crippen LogP contribution is -2.33. The van der Waals surface area contributed by atoms with E-state index in [1.165, 1.54) is 0 Å². The van der Waals surface area contributed by atoms with Gasteiger partial charge in [0.25, 0.3) is 5.91 Å². The minimum atomic E-state index is 0.0378. The summed E-state index contributed by atoms with van der Waals surface area (Å²) in [6.07, 6.45) is 0. The molecule has 1 aromatic heterocycles. The van der Waals surface area contributed by atoms with Gasteiger partial charge < -0.3 is 19.6 Å². The topological polar surface area (TPSA) is 65.9 Å². The molecule has 2 heterocycles. The Hall–Kier alpha value is -1.54. The van der Waals surface area contributed by atoms with Crippen LogP contribution in [0, 0.1) is 11.8 Å². The summed E-state index contributed by atoms with van der Waals surface area (Å²) in [5.74, 6) is 0.444. The summed E-state index contributed by atoms with van der Waals surface area (Å²) in [5.41, 5.74) is 3.42. The van der Waals surface area contributed by atoms with Crippen LogP contribution in [0.2, 0.25) is 0 Å². The lowest BCUT2D eigenvalue weighted by Gasteiger charge is -2.23. The Morgan fingerprint density at radius 1 is 1.44 bits per heavy atom. The second-order valence-electron chi connectivity index (χ2n) is 6.70. The van der Waals surface area contributed by atoms with Gasteiger partial charge in [0.1, 0.15) is 0 Å². The van der Waals surface area contributed by atoms with Gasteiger partial charge in [-0.05, 0) is 31.2 Å². The van der Waals surface area contributed by atoms with E-state index in [0.29, 0.717) is 25.3 Å². The van der Waals surface area contributed by atoms with Crippen LogP contribution < -0.4 is 0 Å². The van der Waals surface area contributed by atoms with E-state index in [4.69, 9.17) is 4.74 Å². The lowest BCUT2D eigenvalue weighted by molar-refractivity contribution is 0.0779. The maximum atomic E-state index is 12.9. The van der Waals surface area contributed by atoms with E-state index in [0.717, 1.165) is 23.3 Å². The summed E-state index contributed by atoms with van der Waals surface area (Å²) in [7, 11) is 3.75. The molecule has 0 radical (unpaired) electrons. The van der Waals surface area contributed by atoms with E-state index < -0.39 is 0 Å². The van der Waals surface area contributed by atoms with Gasteiger partial charge in [-0.15, -0.1) is 11.3 Å². The smallest absolute Gasteiger partial charge is 0.253 e. The highest BCUT2D eigenvalue weighted by Crippen LogP contribution is 2.27. The Balaban J connectivity index is 1.66. The molecule has 2 atom stereocenters. The van der Waals surface area contributed by atoms with Crippen molar-refractivity contribution in [3.63, 3.8) is 0 Å². The minimum absolute atomic E-state index is 0.0378.